The van der Waals surface area contributed by atoms with Gasteiger partial charge in [-0.2, -0.15) is 0 Å². The highest BCUT2D eigenvalue weighted by atomic mass is 16.4. The van der Waals surface area contributed by atoms with Crippen LogP contribution < -0.4 is 0 Å². The van der Waals surface area contributed by atoms with E-state index in [1.165, 1.54) is 263 Å². The molecule has 0 radical (unpaired) electrons. The summed E-state index contributed by atoms with van der Waals surface area (Å²) in [6.45, 7) is 6.87. The van der Waals surface area contributed by atoms with Crippen molar-refractivity contribution < 1.29 is 9.90 Å². The lowest BCUT2D eigenvalue weighted by Crippen LogP contribution is -1.93. The summed E-state index contributed by atoms with van der Waals surface area (Å²) in [6.07, 6.45) is 61.7. The zero-order valence-corrected chi connectivity index (χ0v) is 35.5. The molecule has 0 spiro atoms. The molecule has 1 N–H and O–H groups in total. The second-order valence-corrected chi connectivity index (χ2v) is 16.3. The van der Waals surface area contributed by atoms with Crippen LogP contribution in [-0.4, -0.2) is 11.1 Å². The van der Waals surface area contributed by atoms with E-state index in [2.05, 4.69) is 20.8 Å². The van der Waals surface area contributed by atoms with Gasteiger partial charge in [0.2, 0.25) is 0 Å². The largest absolute Gasteiger partial charge is 0.481 e. The second kappa shape index (κ2) is 50.6. The van der Waals surface area contributed by atoms with Gasteiger partial charge in [-0.05, 0) is 6.42 Å². The summed E-state index contributed by atoms with van der Waals surface area (Å²) in [4.78, 5) is 10.3. The molecule has 2 heteroatoms. The van der Waals surface area contributed by atoms with Crippen LogP contribution in [0.5, 0.6) is 0 Å². The summed E-state index contributed by atoms with van der Waals surface area (Å²) in [6, 6.07) is 0. The molecule has 0 aliphatic carbocycles. The molecule has 0 aromatic carbocycles. The molecule has 0 rings (SSSR count). The number of unbranched alkanes of at least 4 members (excludes halogenated alkanes) is 41. The number of hydrogen-bond donors (Lipinski definition) is 1. The molecule has 302 valence electrons. The van der Waals surface area contributed by atoms with Gasteiger partial charge in [-0.3, -0.25) is 4.79 Å². The highest BCUT2D eigenvalue weighted by Gasteiger charge is 1.98. The standard InChI is InChI=1S/C32H66.C16H32O2/c1-3-5-7-9-11-13-15-17-19-21-23-25-27-29-31-32-30-28-26-24-22-20-18-16-14-12-10-8-6-4-2;1-2-3-4-5-6-7-8-9-10-11-12-13-14-15-16(17)18/h3-32H2,1-2H3;2-15H2,1H3,(H,17,18). The quantitative estimate of drug-likeness (QED) is 0.0641. The smallest absolute Gasteiger partial charge is 0.303 e. The van der Waals surface area contributed by atoms with E-state index in [0.717, 1.165) is 12.8 Å². The normalized spacial score (nSPS) is 11.2. The molecule has 0 amide bonds. The fraction of sp³-hybridized carbons (Fsp3) is 0.979. The van der Waals surface area contributed by atoms with Gasteiger partial charge >= 0.3 is 5.97 Å². The third-order valence-corrected chi connectivity index (χ3v) is 11.0. The third-order valence-electron chi connectivity index (χ3n) is 11.0. The van der Waals surface area contributed by atoms with Crippen LogP contribution in [-0.2, 0) is 4.79 Å². The van der Waals surface area contributed by atoms with Gasteiger partial charge < -0.3 is 5.11 Å². The second-order valence-electron chi connectivity index (χ2n) is 16.3. The third kappa shape index (κ3) is 54.2. The Morgan fingerprint density at radius 2 is 0.360 bits per heavy atom. The minimum atomic E-state index is -0.655. The zero-order chi connectivity index (χ0) is 36.7. The first-order valence-electron chi connectivity index (χ1n) is 23.9. The Labute approximate surface area is 318 Å². The van der Waals surface area contributed by atoms with Crippen LogP contribution in [0.3, 0.4) is 0 Å². The first-order valence-corrected chi connectivity index (χ1v) is 23.9. The average molecular weight is 707 g/mol. The topological polar surface area (TPSA) is 37.3 Å². The lowest BCUT2D eigenvalue weighted by Gasteiger charge is -2.04. The Hall–Kier alpha value is -0.530. The van der Waals surface area contributed by atoms with Gasteiger partial charge in [0.05, 0.1) is 0 Å². The molecule has 0 atom stereocenters. The van der Waals surface area contributed by atoms with Gasteiger partial charge in [0.1, 0.15) is 0 Å². The predicted octanol–water partition coefficient (Wildman–Crippen LogP) is 18.3. The minimum Gasteiger partial charge on any atom is -0.481 e. The molecular formula is C48H98O2. The van der Waals surface area contributed by atoms with Crippen LogP contribution in [0.4, 0.5) is 0 Å². The summed E-state index contributed by atoms with van der Waals surface area (Å²) in [5.41, 5.74) is 0. The predicted molar refractivity (Wildman–Crippen MR) is 228 cm³/mol. The molecular weight excluding hydrogens is 609 g/mol. The molecule has 0 aliphatic rings. The Morgan fingerprint density at radius 1 is 0.240 bits per heavy atom. The van der Waals surface area contributed by atoms with Crippen LogP contribution in [0.15, 0.2) is 0 Å². The molecule has 0 saturated heterocycles. The van der Waals surface area contributed by atoms with Crippen molar-refractivity contribution in [3.05, 3.63) is 0 Å². The van der Waals surface area contributed by atoms with Crippen LogP contribution in [0.25, 0.3) is 0 Å². The van der Waals surface area contributed by atoms with Gasteiger partial charge in [-0.25, -0.2) is 0 Å². The Bertz CT molecular complexity index is 543. The van der Waals surface area contributed by atoms with Gasteiger partial charge in [0.15, 0.2) is 0 Å². The van der Waals surface area contributed by atoms with Crippen LogP contribution in [0, 0.1) is 0 Å². The van der Waals surface area contributed by atoms with Gasteiger partial charge in [0, 0.05) is 6.42 Å². The summed E-state index contributed by atoms with van der Waals surface area (Å²) >= 11 is 0. The van der Waals surface area contributed by atoms with E-state index >= 15 is 0 Å². The number of carboxylic acids is 1. The van der Waals surface area contributed by atoms with Crippen molar-refractivity contribution in [2.24, 2.45) is 0 Å². The van der Waals surface area contributed by atoms with E-state index < -0.39 is 5.97 Å². The Kier molecular flexibility index (Phi) is 52.2. The average Bonchev–Trinajstić information content (AvgIpc) is 3.11. The molecule has 0 unspecified atom stereocenters. The number of carbonyl (C=O) groups is 1. The molecule has 2 nitrogen and oxygen atoms in total. The number of hydrogen-bond acceptors (Lipinski definition) is 1. The van der Waals surface area contributed by atoms with Crippen molar-refractivity contribution in [1.82, 2.24) is 0 Å². The fourth-order valence-corrected chi connectivity index (χ4v) is 7.39. The SMILES string of the molecule is CCCCCCCCCCCCCCCC(=O)O.CCCCCCCCCCCCCCCCCCCCCCCCCCCCCCCC. The summed E-state index contributed by atoms with van der Waals surface area (Å²) in [5.74, 6) is -0.655. The lowest BCUT2D eigenvalue weighted by atomic mass is 10.0. The molecule has 0 saturated carbocycles. The van der Waals surface area contributed by atoms with E-state index in [9.17, 15) is 4.79 Å². The van der Waals surface area contributed by atoms with Crippen molar-refractivity contribution in [2.75, 3.05) is 0 Å². The van der Waals surface area contributed by atoms with Crippen molar-refractivity contribution >= 4 is 5.97 Å². The Balaban J connectivity index is 0. The highest BCUT2D eigenvalue weighted by molar-refractivity contribution is 5.66. The Morgan fingerprint density at radius 3 is 0.480 bits per heavy atom. The minimum absolute atomic E-state index is 0.345. The van der Waals surface area contributed by atoms with Crippen LogP contribution in [0.2, 0.25) is 0 Å². The van der Waals surface area contributed by atoms with Crippen molar-refractivity contribution in [3.63, 3.8) is 0 Å². The fourth-order valence-electron chi connectivity index (χ4n) is 7.39. The molecule has 0 aromatic rings. The van der Waals surface area contributed by atoms with Gasteiger partial charge in [-0.15, -0.1) is 0 Å². The zero-order valence-electron chi connectivity index (χ0n) is 35.5. The van der Waals surface area contributed by atoms with Crippen LogP contribution >= 0.6 is 0 Å². The van der Waals surface area contributed by atoms with E-state index in [4.69, 9.17) is 5.11 Å². The summed E-state index contributed by atoms with van der Waals surface area (Å²) < 4.78 is 0. The van der Waals surface area contributed by atoms with E-state index in [1.807, 2.05) is 0 Å². The first kappa shape index (κ1) is 51.6. The first-order chi connectivity index (χ1) is 24.7. The molecule has 0 bridgehead atoms. The maximum atomic E-state index is 10.3. The van der Waals surface area contributed by atoms with E-state index in [-0.39, 0.29) is 0 Å². The summed E-state index contributed by atoms with van der Waals surface area (Å²) in [7, 11) is 0. The molecule has 0 heterocycles. The lowest BCUT2D eigenvalue weighted by molar-refractivity contribution is -0.137. The molecule has 0 fully saturated rings. The van der Waals surface area contributed by atoms with E-state index in [0.29, 0.717) is 6.42 Å². The maximum Gasteiger partial charge on any atom is 0.303 e. The van der Waals surface area contributed by atoms with E-state index in [1.54, 1.807) is 0 Å². The van der Waals surface area contributed by atoms with Gasteiger partial charge in [0.25, 0.3) is 0 Å². The molecule has 0 aliphatic heterocycles. The number of carboxylic acid groups (broad SMARTS) is 1. The highest BCUT2D eigenvalue weighted by Crippen LogP contribution is 2.17. The number of rotatable bonds is 43. The number of aliphatic carboxylic acids is 1. The van der Waals surface area contributed by atoms with Crippen LogP contribution in [0.1, 0.15) is 303 Å². The monoisotopic (exact) mass is 707 g/mol. The maximum absolute atomic E-state index is 10.3. The molecule has 50 heavy (non-hydrogen) atoms. The van der Waals surface area contributed by atoms with Crippen molar-refractivity contribution in [2.45, 2.75) is 303 Å². The van der Waals surface area contributed by atoms with Crippen molar-refractivity contribution in [3.8, 4) is 0 Å². The summed E-state index contributed by atoms with van der Waals surface area (Å²) in [5, 5.41) is 8.49. The molecule has 0 aromatic heterocycles. The van der Waals surface area contributed by atoms with Crippen molar-refractivity contribution in [1.29, 1.82) is 0 Å². The van der Waals surface area contributed by atoms with Gasteiger partial charge in [-0.1, -0.05) is 290 Å².